The fraction of sp³-hybridized carbons (Fsp3) is 0. The van der Waals surface area contributed by atoms with Crippen LogP contribution in [0.4, 0.5) is 0 Å². The molecule has 0 atom stereocenters. The van der Waals surface area contributed by atoms with E-state index in [4.69, 9.17) is 0 Å². The van der Waals surface area contributed by atoms with E-state index in [2.05, 4.69) is 19.5 Å². The van der Waals surface area contributed by atoms with Crippen LogP contribution in [0.5, 0.6) is 0 Å². The molecule has 1 aromatic carbocycles. The lowest BCUT2D eigenvalue weighted by atomic mass is 10.2. The van der Waals surface area contributed by atoms with Gasteiger partial charge in [-0.25, -0.2) is 0 Å². The molecule has 0 fully saturated rings. The maximum atomic E-state index is 10.8. The van der Waals surface area contributed by atoms with E-state index < -0.39 is 10.1 Å². The highest BCUT2D eigenvalue weighted by Crippen LogP contribution is 2.06. The highest BCUT2D eigenvalue weighted by molar-refractivity contribution is 9.06. The van der Waals surface area contributed by atoms with Crippen LogP contribution in [0.3, 0.4) is 0 Å². The lowest BCUT2D eigenvalue weighted by Gasteiger charge is -1.91. The third-order valence-corrected chi connectivity index (χ3v) is 3.06. The fourth-order valence-corrected chi connectivity index (χ4v) is 1.38. The van der Waals surface area contributed by atoms with E-state index in [-0.39, 0.29) is 0 Å². The van der Waals surface area contributed by atoms with E-state index >= 15 is 0 Å². The van der Waals surface area contributed by atoms with E-state index in [1.165, 1.54) is 6.08 Å². The van der Waals surface area contributed by atoms with Gasteiger partial charge >= 0.3 is 10.1 Å². The van der Waals surface area contributed by atoms with Crippen molar-refractivity contribution in [3.8, 4) is 0 Å². The number of rotatable bonds is 3. The van der Waals surface area contributed by atoms with Crippen molar-refractivity contribution in [1.29, 1.82) is 0 Å². The van der Waals surface area contributed by atoms with Gasteiger partial charge in [0.2, 0.25) is 0 Å². The first-order chi connectivity index (χ1) is 6.14. The number of halogens is 1. The van der Waals surface area contributed by atoms with Crippen molar-refractivity contribution in [3.63, 3.8) is 0 Å². The van der Waals surface area contributed by atoms with Gasteiger partial charge in [0.15, 0.2) is 0 Å². The molecule has 0 saturated carbocycles. The standard InChI is InChI=1S/C8H7BrO3S/c9-12-13(10,11)7-6-8-4-2-1-3-5-8/h1-7H. The molecule has 70 valence electrons. The second kappa shape index (κ2) is 4.55. The second-order valence-corrected chi connectivity index (χ2v) is 4.45. The molecule has 0 aromatic heterocycles. The SMILES string of the molecule is O=S(=O)(C=Cc1ccccc1)OBr. The summed E-state index contributed by atoms with van der Waals surface area (Å²) in [6.45, 7) is 0. The zero-order valence-corrected chi connectivity index (χ0v) is 8.95. The molecule has 0 unspecified atom stereocenters. The summed E-state index contributed by atoms with van der Waals surface area (Å²) < 4.78 is 25.7. The molecular weight excluding hydrogens is 256 g/mol. The maximum Gasteiger partial charge on any atom is 0.300 e. The van der Waals surface area contributed by atoms with Gasteiger partial charge in [0.1, 0.15) is 16.3 Å². The average Bonchev–Trinajstić information content (AvgIpc) is 2.17. The van der Waals surface area contributed by atoms with Gasteiger partial charge in [0.05, 0.1) is 5.41 Å². The van der Waals surface area contributed by atoms with Crippen LogP contribution in [0.2, 0.25) is 0 Å². The summed E-state index contributed by atoms with van der Waals surface area (Å²) in [5.74, 6) is 0. The Kier molecular flexibility index (Phi) is 3.65. The van der Waals surface area contributed by atoms with Gasteiger partial charge in [0.25, 0.3) is 0 Å². The van der Waals surface area contributed by atoms with Gasteiger partial charge in [0, 0.05) is 0 Å². The third kappa shape index (κ3) is 3.71. The van der Waals surface area contributed by atoms with Crippen LogP contribution in [0.1, 0.15) is 5.56 Å². The van der Waals surface area contributed by atoms with E-state index in [1.54, 1.807) is 12.1 Å². The molecule has 0 spiro atoms. The maximum absolute atomic E-state index is 10.8. The van der Waals surface area contributed by atoms with Crippen LogP contribution >= 0.6 is 16.3 Å². The summed E-state index contributed by atoms with van der Waals surface area (Å²) in [6, 6.07) is 9.08. The largest absolute Gasteiger partial charge is 0.300 e. The van der Waals surface area contributed by atoms with Crippen LogP contribution in [-0.2, 0) is 13.4 Å². The summed E-state index contributed by atoms with van der Waals surface area (Å²) in [5, 5.41) is 0.983. The molecule has 0 N–H and O–H groups in total. The summed E-state index contributed by atoms with van der Waals surface area (Å²) in [6.07, 6.45) is 1.45. The number of hydrogen-bond donors (Lipinski definition) is 0. The molecule has 0 aliphatic rings. The van der Waals surface area contributed by atoms with Crippen molar-refractivity contribution in [2.45, 2.75) is 0 Å². The van der Waals surface area contributed by atoms with E-state index in [0.29, 0.717) is 0 Å². The van der Waals surface area contributed by atoms with Crippen molar-refractivity contribution in [2.75, 3.05) is 0 Å². The van der Waals surface area contributed by atoms with Crippen molar-refractivity contribution < 1.29 is 11.7 Å². The molecule has 0 heterocycles. The molecule has 0 saturated heterocycles. The summed E-state index contributed by atoms with van der Waals surface area (Å²) >= 11 is 2.41. The molecule has 0 aliphatic heterocycles. The first-order valence-corrected chi connectivity index (χ1v) is 5.54. The zero-order valence-electron chi connectivity index (χ0n) is 6.55. The van der Waals surface area contributed by atoms with Crippen LogP contribution in [-0.4, -0.2) is 8.42 Å². The lowest BCUT2D eigenvalue weighted by Crippen LogP contribution is -1.91. The van der Waals surface area contributed by atoms with E-state index in [0.717, 1.165) is 11.0 Å². The topological polar surface area (TPSA) is 43.4 Å². The predicted molar refractivity (Wildman–Crippen MR) is 54.4 cm³/mol. The highest BCUT2D eigenvalue weighted by Gasteiger charge is 2.01. The lowest BCUT2D eigenvalue weighted by molar-refractivity contribution is 0.538. The van der Waals surface area contributed by atoms with E-state index in [9.17, 15) is 8.42 Å². The molecular formula is C8H7BrO3S. The van der Waals surface area contributed by atoms with Gasteiger partial charge in [-0.3, -0.25) is 0 Å². The first-order valence-electron chi connectivity index (χ1n) is 3.42. The Morgan fingerprint density at radius 1 is 1.23 bits per heavy atom. The molecule has 3 nitrogen and oxygen atoms in total. The second-order valence-electron chi connectivity index (χ2n) is 2.27. The summed E-state index contributed by atoms with van der Waals surface area (Å²) in [7, 11) is -3.58. The Morgan fingerprint density at radius 2 is 1.85 bits per heavy atom. The Morgan fingerprint density at radius 3 is 2.38 bits per heavy atom. The minimum atomic E-state index is -3.58. The first kappa shape index (κ1) is 10.4. The van der Waals surface area contributed by atoms with Gasteiger partial charge in [-0.05, 0) is 11.6 Å². The summed E-state index contributed by atoms with van der Waals surface area (Å²) in [4.78, 5) is 0. The van der Waals surface area contributed by atoms with Crippen molar-refractivity contribution in [2.24, 2.45) is 0 Å². The summed E-state index contributed by atoms with van der Waals surface area (Å²) in [5.41, 5.74) is 0.802. The predicted octanol–water partition coefficient (Wildman–Crippen LogP) is 2.31. The average molecular weight is 263 g/mol. The number of hydrogen-bond acceptors (Lipinski definition) is 3. The quantitative estimate of drug-likeness (QED) is 0.840. The monoisotopic (exact) mass is 262 g/mol. The van der Waals surface area contributed by atoms with Crippen molar-refractivity contribution >= 4 is 32.5 Å². The Hall–Kier alpha value is -0.650. The fourth-order valence-electron chi connectivity index (χ4n) is 0.747. The molecule has 5 heteroatoms. The van der Waals surface area contributed by atoms with Crippen molar-refractivity contribution in [1.82, 2.24) is 0 Å². The minimum absolute atomic E-state index is 0.802. The van der Waals surface area contributed by atoms with Gasteiger partial charge in [-0.15, -0.1) is 0 Å². The van der Waals surface area contributed by atoms with Crippen LogP contribution < -0.4 is 0 Å². The van der Waals surface area contributed by atoms with Crippen LogP contribution in [0, 0.1) is 0 Å². The Bertz CT molecular complexity index is 383. The molecule has 0 bridgehead atoms. The van der Waals surface area contributed by atoms with E-state index in [1.807, 2.05) is 18.2 Å². The van der Waals surface area contributed by atoms with Gasteiger partial charge in [-0.1, -0.05) is 30.3 Å². The van der Waals surface area contributed by atoms with Gasteiger partial charge < -0.3 is 0 Å². The highest BCUT2D eigenvalue weighted by atomic mass is 79.9. The zero-order chi connectivity index (χ0) is 9.73. The molecule has 0 aliphatic carbocycles. The molecule has 13 heavy (non-hydrogen) atoms. The smallest absolute Gasteiger partial charge is 0.194 e. The Balaban J connectivity index is 2.82. The van der Waals surface area contributed by atoms with Crippen LogP contribution in [0.15, 0.2) is 35.7 Å². The molecule has 1 aromatic rings. The third-order valence-electron chi connectivity index (χ3n) is 1.31. The van der Waals surface area contributed by atoms with Crippen molar-refractivity contribution in [3.05, 3.63) is 41.3 Å². The molecule has 1 rings (SSSR count). The Labute approximate surface area is 85.6 Å². The molecule has 0 radical (unpaired) electrons. The van der Waals surface area contributed by atoms with Crippen LogP contribution in [0.25, 0.3) is 6.08 Å². The normalized spacial score (nSPS) is 12.1. The van der Waals surface area contributed by atoms with Gasteiger partial charge in [-0.2, -0.15) is 11.7 Å². The molecule has 0 amide bonds. The number of benzene rings is 1. The minimum Gasteiger partial charge on any atom is -0.194 e.